The van der Waals surface area contributed by atoms with Crippen LogP contribution in [-0.2, 0) is 9.53 Å². The number of halogens is 2. The topological polar surface area (TPSA) is 75.7 Å². The number of hydrogen-bond donors (Lipinski definition) is 1. The van der Waals surface area contributed by atoms with Gasteiger partial charge in [0.25, 0.3) is 0 Å². The van der Waals surface area contributed by atoms with Crippen molar-refractivity contribution in [2.24, 2.45) is 0 Å². The van der Waals surface area contributed by atoms with Crippen molar-refractivity contribution in [2.75, 3.05) is 18.0 Å². The molecule has 1 fully saturated rings. The van der Waals surface area contributed by atoms with E-state index in [2.05, 4.69) is 5.32 Å². The number of carbonyl (C=O) groups excluding carboxylic acids is 3. The molecule has 1 saturated heterocycles. The fraction of sp³-hybridized carbons (Fsp3) is 0.357. The molecule has 0 aliphatic carbocycles. The Morgan fingerprint density at radius 3 is 2.41 bits per heavy atom. The number of rotatable bonds is 4. The number of amides is 2. The summed E-state index contributed by atoms with van der Waals surface area (Å²) in [5, 5.41) is 2.49. The molecule has 0 aromatic heterocycles. The normalized spacial score (nSPS) is 17.4. The van der Waals surface area contributed by atoms with Crippen molar-refractivity contribution in [3.8, 4) is 0 Å². The highest BCUT2D eigenvalue weighted by Crippen LogP contribution is 2.26. The van der Waals surface area contributed by atoms with Crippen molar-refractivity contribution in [3.63, 3.8) is 0 Å². The summed E-state index contributed by atoms with van der Waals surface area (Å²) in [4.78, 5) is 34.8. The third-order valence-corrected chi connectivity index (χ3v) is 3.14. The summed E-state index contributed by atoms with van der Waals surface area (Å²) < 4.78 is 32.6. The van der Waals surface area contributed by atoms with E-state index in [1.54, 1.807) is 0 Å². The molecule has 118 valence electrons. The van der Waals surface area contributed by atoms with Gasteiger partial charge in [0.05, 0.1) is 24.3 Å². The molecule has 1 N–H and O–H groups in total. The number of ketones is 1. The van der Waals surface area contributed by atoms with Crippen LogP contribution in [0.15, 0.2) is 12.1 Å². The van der Waals surface area contributed by atoms with Gasteiger partial charge < -0.3 is 10.1 Å². The molecule has 0 bridgehead atoms. The second-order valence-electron chi connectivity index (χ2n) is 4.89. The van der Waals surface area contributed by atoms with Gasteiger partial charge in [-0.25, -0.2) is 13.6 Å². The van der Waals surface area contributed by atoms with Crippen LogP contribution in [0.3, 0.4) is 0 Å². The Hall–Kier alpha value is -2.51. The zero-order chi connectivity index (χ0) is 16.4. The highest BCUT2D eigenvalue weighted by atomic mass is 19.1. The lowest BCUT2D eigenvalue weighted by Crippen LogP contribution is -2.33. The van der Waals surface area contributed by atoms with Crippen molar-refractivity contribution >= 4 is 23.5 Å². The molecule has 1 aromatic rings. The largest absolute Gasteiger partial charge is 0.442 e. The summed E-state index contributed by atoms with van der Waals surface area (Å²) in [6, 6.07) is 1.81. The van der Waals surface area contributed by atoms with Gasteiger partial charge in [-0.1, -0.05) is 0 Å². The molecule has 1 aromatic carbocycles. The third-order valence-electron chi connectivity index (χ3n) is 3.14. The van der Waals surface area contributed by atoms with Crippen LogP contribution >= 0.6 is 0 Å². The first kappa shape index (κ1) is 15.9. The van der Waals surface area contributed by atoms with Crippen LogP contribution in [0.5, 0.6) is 0 Å². The molecular weight excluding hydrogens is 298 g/mol. The van der Waals surface area contributed by atoms with Gasteiger partial charge in [-0.3, -0.25) is 14.5 Å². The molecule has 0 spiro atoms. The molecule has 0 saturated carbocycles. The van der Waals surface area contributed by atoms with Crippen LogP contribution in [0.1, 0.15) is 24.2 Å². The molecule has 1 atom stereocenters. The molecule has 0 unspecified atom stereocenters. The summed E-state index contributed by atoms with van der Waals surface area (Å²) in [5.41, 5.74) is -0.693. The maximum absolute atomic E-state index is 13.8. The third kappa shape index (κ3) is 3.21. The van der Waals surface area contributed by atoms with E-state index in [1.165, 1.54) is 6.92 Å². The van der Waals surface area contributed by atoms with Crippen molar-refractivity contribution in [3.05, 3.63) is 29.3 Å². The first-order valence-corrected chi connectivity index (χ1v) is 6.52. The molecule has 2 amide bonds. The van der Waals surface area contributed by atoms with Gasteiger partial charge >= 0.3 is 6.09 Å². The minimum absolute atomic E-state index is 0.0391. The molecule has 22 heavy (non-hydrogen) atoms. The van der Waals surface area contributed by atoms with Crippen LogP contribution in [0.2, 0.25) is 0 Å². The zero-order valence-electron chi connectivity index (χ0n) is 12.0. The molecule has 8 heteroatoms. The smallest absolute Gasteiger partial charge is 0.414 e. The SMILES string of the molecule is CC(=O)NC[C@H]1CN(c2cc(F)c(C(C)=O)c(F)c2)C(=O)O1. The first-order chi connectivity index (χ1) is 10.3. The fourth-order valence-electron chi connectivity index (χ4n) is 2.15. The number of Topliss-reactive ketones (excluding diaryl/α,β-unsaturated/α-hetero) is 1. The van der Waals surface area contributed by atoms with E-state index in [0.717, 1.165) is 24.0 Å². The van der Waals surface area contributed by atoms with E-state index >= 15 is 0 Å². The van der Waals surface area contributed by atoms with Gasteiger partial charge in [-0.05, 0) is 19.1 Å². The van der Waals surface area contributed by atoms with Crippen LogP contribution in [0.25, 0.3) is 0 Å². The Labute approximate surface area is 125 Å². The first-order valence-electron chi connectivity index (χ1n) is 6.52. The van der Waals surface area contributed by atoms with Gasteiger partial charge in [0.2, 0.25) is 5.91 Å². The number of anilines is 1. The van der Waals surface area contributed by atoms with Crippen LogP contribution in [0.4, 0.5) is 19.3 Å². The second kappa shape index (κ2) is 6.08. The minimum atomic E-state index is -1.04. The Bertz CT molecular complexity index is 625. The highest BCUT2D eigenvalue weighted by molar-refractivity contribution is 5.96. The van der Waals surface area contributed by atoms with Crippen LogP contribution in [0, 0.1) is 11.6 Å². The van der Waals surface area contributed by atoms with Gasteiger partial charge in [0, 0.05) is 6.92 Å². The number of nitrogens with zero attached hydrogens (tertiary/aromatic N) is 1. The number of cyclic esters (lactones) is 1. The molecule has 0 radical (unpaired) electrons. The molecule has 6 nitrogen and oxygen atoms in total. The van der Waals surface area contributed by atoms with Crippen LogP contribution in [-0.4, -0.2) is 37.0 Å². The number of ether oxygens (including phenoxy) is 1. The van der Waals surface area contributed by atoms with Gasteiger partial charge in [-0.15, -0.1) is 0 Å². The maximum Gasteiger partial charge on any atom is 0.414 e. The number of hydrogen-bond acceptors (Lipinski definition) is 4. The van der Waals surface area contributed by atoms with Crippen molar-refractivity contribution in [1.82, 2.24) is 5.32 Å². The van der Waals surface area contributed by atoms with Crippen LogP contribution < -0.4 is 10.2 Å². The Kier molecular flexibility index (Phi) is 4.39. The van der Waals surface area contributed by atoms with Crippen molar-refractivity contribution in [2.45, 2.75) is 20.0 Å². The average Bonchev–Trinajstić information content (AvgIpc) is 2.76. The van der Waals surface area contributed by atoms with E-state index in [4.69, 9.17) is 4.74 Å². The predicted molar refractivity (Wildman–Crippen MR) is 72.7 cm³/mol. The summed E-state index contributed by atoms with van der Waals surface area (Å²) in [6.45, 7) is 2.51. The molecule has 1 heterocycles. The quantitative estimate of drug-likeness (QED) is 0.857. The highest BCUT2D eigenvalue weighted by Gasteiger charge is 2.33. The average molecular weight is 312 g/mol. The summed E-state index contributed by atoms with van der Waals surface area (Å²) in [6.07, 6.45) is -1.39. The van der Waals surface area contributed by atoms with Crippen molar-refractivity contribution in [1.29, 1.82) is 0 Å². The number of benzene rings is 1. The summed E-state index contributed by atoms with van der Waals surface area (Å²) >= 11 is 0. The zero-order valence-corrected chi connectivity index (χ0v) is 12.0. The van der Waals surface area contributed by atoms with Crippen molar-refractivity contribution < 1.29 is 27.9 Å². The lowest BCUT2D eigenvalue weighted by molar-refractivity contribution is -0.119. The summed E-state index contributed by atoms with van der Waals surface area (Å²) in [7, 11) is 0. The van der Waals surface area contributed by atoms with E-state index < -0.39 is 35.2 Å². The fourth-order valence-corrected chi connectivity index (χ4v) is 2.15. The Morgan fingerprint density at radius 2 is 1.91 bits per heavy atom. The molecule has 1 aliphatic rings. The van der Waals surface area contributed by atoms with Gasteiger partial charge in [-0.2, -0.15) is 0 Å². The van der Waals surface area contributed by atoms with E-state index in [1.807, 2.05) is 0 Å². The molecular formula is C14H14F2N2O4. The van der Waals surface area contributed by atoms with Gasteiger partial charge in [0.15, 0.2) is 5.78 Å². The molecule has 2 rings (SSSR count). The minimum Gasteiger partial charge on any atom is -0.442 e. The Morgan fingerprint density at radius 1 is 1.32 bits per heavy atom. The standard InChI is InChI=1S/C14H14F2N2O4/c1-7(19)13-11(15)3-9(4-12(13)16)18-6-10(22-14(18)21)5-17-8(2)20/h3-4,10H,5-6H2,1-2H3,(H,17,20)/t10-/m0/s1. The number of carbonyl (C=O) groups is 3. The predicted octanol–water partition coefficient (Wildman–Crippen LogP) is 1.63. The lowest BCUT2D eigenvalue weighted by atomic mass is 10.1. The lowest BCUT2D eigenvalue weighted by Gasteiger charge is -2.14. The number of nitrogens with one attached hydrogen (secondary N) is 1. The van der Waals surface area contributed by atoms with E-state index in [-0.39, 0.29) is 24.7 Å². The van der Waals surface area contributed by atoms with Gasteiger partial charge in [0.1, 0.15) is 17.7 Å². The summed E-state index contributed by atoms with van der Waals surface area (Å²) in [5.74, 6) is -3.10. The Balaban J connectivity index is 2.20. The van der Waals surface area contributed by atoms with E-state index in [0.29, 0.717) is 0 Å². The van der Waals surface area contributed by atoms with E-state index in [9.17, 15) is 23.2 Å². The molecule has 1 aliphatic heterocycles. The second-order valence-corrected chi connectivity index (χ2v) is 4.89. The monoisotopic (exact) mass is 312 g/mol. The maximum atomic E-state index is 13.8.